The minimum absolute atomic E-state index is 0.0342. The molecule has 0 saturated heterocycles. The molecule has 21 heavy (non-hydrogen) atoms. The van der Waals surface area contributed by atoms with Crippen LogP contribution in [0.3, 0.4) is 0 Å². The van der Waals surface area contributed by atoms with Crippen molar-refractivity contribution in [2.24, 2.45) is 0 Å². The Bertz CT molecular complexity index is 658. The summed E-state index contributed by atoms with van der Waals surface area (Å²) in [4.78, 5) is 0. The van der Waals surface area contributed by atoms with Crippen LogP contribution in [0.15, 0.2) is 22.7 Å². The lowest BCUT2D eigenvalue weighted by Gasteiger charge is -2.16. The van der Waals surface area contributed by atoms with Crippen LogP contribution in [0.1, 0.15) is 25.6 Å². The standard InChI is InChI=1S/C12H10BrClF3N3O/c1-6(2)10-18-19-11(14)20(10)8-4-3-7(13)5-9(8)21-12(15,16)17/h3-6H,1-2H3. The van der Waals surface area contributed by atoms with E-state index in [1.165, 1.54) is 16.7 Å². The van der Waals surface area contributed by atoms with Gasteiger partial charge in [-0.05, 0) is 29.8 Å². The molecule has 0 radical (unpaired) electrons. The van der Waals surface area contributed by atoms with Crippen molar-refractivity contribution in [3.05, 3.63) is 33.8 Å². The predicted molar refractivity (Wildman–Crippen MR) is 74.8 cm³/mol. The molecule has 0 unspecified atom stereocenters. The van der Waals surface area contributed by atoms with E-state index >= 15 is 0 Å². The van der Waals surface area contributed by atoms with Gasteiger partial charge in [0.05, 0.1) is 5.69 Å². The zero-order valence-corrected chi connectivity index (χ0v) is 13.3. The van der Waals surface area contributed by atoms with E-state index < -0.39 is 6.36 Å². The van der Waals surface area contributed by atoms with Crippen LogP contribution in [0.4, 0.5) is 13.2 Å². The first-order valence-corrected chi connectivity index (χ1v) is 7.02. The molecule has 0 bridgehead atoms. The van der Waals surface area contributed by atoms with E-state index in [1.807, 2.05) is 13.8 Å². The summed E-state index contributed by atoms with van der Waals surface area (Å²) in [6.07, 6.45) is -4.81. The third-order valence-corrected chi connectivity index (χ3v) is 3.29. The van der Waals surface area contributed by atoms with Gasteiger partial charge in [0.15, 0.2) is 5.75 Å². The molecular weight excluding hydrogens is 375 g/mol. The number of aromatic nitrogens is 3. The third kappa shape index (κ3) is 3.68. The molecule has 114 valence electrons. The highest BCUT2D eigenvalue weighted by molar-refractivity contribution is 9.10. The largest absolute Gasteiger partial charge is 0.573 e. The van der Waals surface area contributed by atoms with E-state index in [-0.39, 0.29) is 22.6 Å². The van der Waals surface area contributed by atoms with Crippen molar-refractivity contribution in [2.45, 2.75) is 26.1 Å². The van der Waals surface area contributed by atoms with Crippen LogP contribution < -0.4 is 4.74 Å². The Morgan fingerprint density at radius 3 is 2.52 bits per heavy atom. The minimum Gasteiger partial charge on any atom is -0.403 e. The first kappa shape index (κ1) is 16.1. The smallest absolute Gasteiger partial charge is 0.403 e. The number of benzene rings is 1. The summed E-state index contributed by atoms with van der Waals surface area (Å²) in [5, 5.41) is 7.55. The first-order valence-electron chi connectivity index (χ1n) is 5.85. The zero-order chi connectivity index (χ0) is 15.8. The molecule has 0 spiro atoms. The Morgan fingerprint density at radius 2 is 1.95 bits per heavy atom. The van der Waals surface area contributed by atoms with Crippen molar-refractivity contribution in [2.75, 3.05) is 0 Å². The molecule has 0 aliphatic rings. The second kappa shape index (κ2) is 5.84. The second-order valence-electron chi connectivity index (χ2n) is 4.48. The topological polar surface area (TPSA) is 39.9 Å². The predicted octanol–water partition coefficient (Wildman–Crippen LogP) is 4.71. The molecule has 4 nitrogen and oxygen atoms in total. The maximum absolute atomic E-state index is 12.5. The molecule has 0 aliphatic carbocycles. The lowest BCUT2D eigenvalue weighted by molar-refractivity contribution is -0.274. The van der Waals surface area contributed by atoms with E-state index in [2.05, 4.69) is 30.9 Å². The summed E-state index contributed by atoms with van der Waals surface area (Å²) in [5.41, 5.74) is 0.120. The maximum Gasteiger partial charge on any atom is 0.573 e. The number of ether oxygens (including phenoxy) is 1. The number of rotatable bonds is 3. The van der Waals surface area contributed by atoms with Crippen molar-refractivity contribution in [1.82, 2.24) is 14.8 Å². The van der Waals surface area contributed by atoms with Crippen LogP contribution in [0, 0.1) is 0 Å². The summed E-state index contributed by atoms with van der Waals surface area (Å²) >= 11 is 9.06. The van der Waals surface area contributed by atoms with Gasteiger partial charge in [-0.25, -0.2) is 0 Å². The van der Waals surface area contributed by atoms with Crippen LogP contribution in [-0.2, 0) is 0 Å². The normalized spacial score (nSPS) is 12.0. The van der Waals surface area contributed by atoms with Crippen molar-refractivity contribution >= 4 is 27.5 Å². The van der Waals surface area contributed by atoms with Gasteiger partial charge in [0.2, 0.25) is 5.28 Å². The Hall–Kier alpha value is -1.28. The van der Waals surface area contributed by atoms with Gasteiger partial charge in [-0.1, -0.05) is 29.8 Å². The molecular formula is C12H10BrClF3N3O. The summed E-state index contributed by atoms with van der Waals surface area (Å²) in [6, 6.07) is 4.24. The van der Waals surface area contributed by atoms with Crippen LogP contribution >= 0.6 is 27.5 Å². The van der Waals surface area contributed by atoms with E-state index in [4.69, 9.17) is 11.6 Å². The monoisotopic (exact) mass is 383 g/mol. The fourth-order valence-electron chi connectivity index (χ4n) is 1.75. The average molecular weight is 385 g/mol. The summed E-state index contributed by atoms with van der Waals surface area (Å²) in [5.74, 6) is -0.0257. The van der Waals surface area contributed by atoms with Crippen LogP contribution in [-0.4, -0.2) is 21.1 Å². The summed E-state index contributed by atoms with van der Waals surface area (Å²) in [7, 11) is 0. The van der Waals surface area contributed by atoms with Gasteiger partial charge in [-0.3, -0.25) is 4.57 Å². The number of halogens is 5. The van der Waals surface area contributed by atoms with E-state index in [0.717, 1.165) is 0 Å². The molecule has 1 aromatic carbocycles. The molecule has 9 heteroatoms. The van der Waals surface area contributed by atoms with Crippen LogP contribution in [0.2, 0.25) is 5.28 Å². The van der Waals surface area contributed by atoms with Crippen LogP contribution in [0.5, 0.6) is 5.75 Å². The lowest BCUT2D eigenvalue weighted by atomic mass is 10.2. The van der Waals surface area contributed by atoms with E-state index in [1.54, 1.807) is 6.07 Å². The molecule has 2 rings (SSSR count). The molecule has 0 N–H and O–H groups in total. The molecule has 0 atom stereocenters. The third-order valence-electron chi connectivity index (χ3n) is 2.55. The van der Waals surface area contributed by atoms with Crippen LogP contribution in [0.25, 0.3) is 5.69 Å². The molecule has 0 aliphatic heterocycles. The van der Waals surface area contributed by atoms with Gasteiger partial charge in [0.1, 0.15) is 5.82 Å². The highest BCUT2D eigenvalue weighted by Crippen LogP contribution is 2.34. The fraction of sp³-hybridized carbons (Fsp3) is 0.333. The SMILES string of the molecule is CC(C)c1nnc(Cl)n1-c1ccc(Br)cc1OC(F)(F)F. The van der Waals surface area contributed by atoms with Crippen molar-refractivity contribution < 1.29 is 17.9 Å². The van der Waals surface area contributed by atoms with Gasteiger partial charge in [-0.2, -0.15) is 0 Å². The number of hydrogen-bond acceptors (Lipinski definition) is 3. The Kier molecular flexibility index (Phi) is 4.48. The molecule has 0 saturated carbocycles. The molecule has 0 fully saturated rings. The highest BCUT2D eigenvalue weighted by Gasteiger charge is 2.33. The molecule has 1 aromatic heterocycles. The van der Waals surface area contributed by atoms with Gasteiger partial charge >= 0.3 is 6.36 Å². The van der Waals surface area contributed by atoms with Gasteiger partial charge < -0.3 is 4.74 Å². The van der Waals surface area contributed by atoms with E-state index in [0.29, 0.717) is 10.3 Å². The Labute approximate surface area is 132 Å². The Balaban J connectivity index is 2.61. The van der Waals surface area contributed by atoms with Crippen molar-refractivity contribution in [1.29, 1.82) is 0 Å². The summed E-state index contributed by atoms with van der Waals surface area (Å²) in [6.45, 7) is 3.67. The first-order chi connectivity index (χ1) is 9.69. The maximum atomic E-state index is 12.5. The van der Waals surface area contributed by atoms with Crippen molar-refractivity contribution in [3.8, 4) is 11.4 Å². The number of hydrogen-bond donors (Lipinski definition) is 0. The van der Waals surface area contributed by atoms with Gasteiger partial charge in [0, 0.05) is 10.4 Å². The van der Waals surface area contributed by atoms with E-state index in [9.17, 15) is 13.2 Å². The quantitative estimate of drug-likeness (QED) is 0.770. The minimum atomic E-state index is -4.81. The summed E-state index contributed by atoms with van der Waals surface area (Å²) < 4.78 is 43.5. The molecule has 2 aromatic rings. The van der Waals surface area contributed by atoms with Gasteiger partial charge in [-0.15, -0.1) is 23.4 Å². The molecule has 1 heterocycles. The molecule has 0 amide bonds. The zero-order valence-electron chi connectivity index (χ0n) is 10.9. The average Bonchev–Trinajstić information content (AvgIpc) is 2.69. The number of alkyl halides is 3. The lowest BCUT2D eigenvalue weighted by Crippen LogP contribution is -2.19. The number of nitrogens with zero attached hydrogens (tertiary/aromatic N) is 3. The van der Waals surface area contributed by atoms with Gasteiger partial charge in [0.25, 0.3) is 0 Å². The van der Waals surface area contributed by atoms with Crippen molar-refractivity contribution in [3.63, 3.8) is 0 Å². The highest BCUT2D eigenvalue weighted by atomic mass is 79.9. The fourth-order valence-corrected chi connectivity index (χ4v) is 2.31. The second-order valence-corrected chi connectivity index (χ2v) is 5.73. The Morgan fingerprint density at radius 1 is 1.29 bits per heavy atom.